The van der Waals surface area contributed by atoms with Crippen LogP contribution in [0.25, 0.3) is 11.1 Å². The van der Waals surface area contributed by atoms with Crippen molar-refractivity contribution >= 4 is 23.9 Å². The highest BCUT2D eigenvalue weighted by Gasteiger charge is 2.27. The Labute approximate surface area is 263 Å². The van der Waals surface area contributed by atoms with Crippen molar-refractivity contribution in [1.82, 2.24) is 15.3 Å². The summed E-state index contributed by atoms with van der Waals surface area (Å²) in [6.45, 7) is 5.50. The van der Waals surface area contributed by atoms with Gasteiger partial charge in [0.1, 0.15) is 24.8 Å². The average molecular weight is 607 g/mol. The maximum Gasteiger partial charge on any atom is 0.326 e. The Bertz CT molecular complexity index is 1620. The third-order valence-corrected chi connectivity index (χ3v) is 8.23. The zero-order valence-corrected chi connectivity index (χ0v) is 25.6. The minimum atomic E-state index is -1.10. The van der Waals surface area contributed by atoms with Crippen molar-refractivity contribution in [1.29, 1.82) is 0 Å². The van der Waals surface area contributed by atoms with E-state index in [1.165, 1.54) is 0 Å². The number of amides is 1. The van der Waals surface area contributed by atoms with Crippen LogP contribution in [0, 0.1) is 12.8 Å². The molecule has 0 bridgehead atoms. The molecule has 2 heterocycles. The van der Waals surface area contributed by atoms with Crippen LogP contribution in [0.15, 0.2) is 78.9 Å². The van der Waals surface area contributed by atoms with Crippen molar-refractivity contribution in [3.8, 4) is 16.9 Å². The van der Waals surface area contributed by atoms with Gasteiger partial charge in [-0.3, -0.25) is 9.59 Å². The maximum atomic E-state index is 13.3. The molecule has 3 aromatic carbocycles. The monoisotopic (exact) mass is 606 g/mol. The third-order valence-electron chi connectivity index (χ3n) is 8.23. The van der Waals surface area contributed by atoms with Gasteiger partial charge in [0.05, 0.1) is 5.69 Å². The molecule has 2 N–H and O–H groups in total. The zero-order chi connectivity index (χ0) is 31.8. The summed E-state index contributed by atoms with van der Waals surface area (Å²) in [6.07, 6.45) is 3.60. The molecular formula is C36H38N4O5. The standard InChI is InChI=1S/C36H38N4O5/c1-3-31(36(43)44)38-35(42)33-34(45-23-27-7-5-4-6-8-27)24(2)37-32(39-33)21-25-17-19-40(20-18-25)30-15-13-29(14-16-30)28-11-9-26(22-41)10-12-28/h4-16,22,25,31H,3,17-21,23H2,1-2H3,(H,38,42)(H,43,44). The predicted octanol–water partition coefficient (Wildman–Crippen LogP) is 5.90. The quantitative estimate of drug-likeness (QED) is 0.191. The van der Waals surface area contributed by atoms with E-state index in [0.29, 0.717) is 29.4 Å². The molecule has 1 aliphatic rings. The fraction of sp³-hybridized carbons (Fsp3) is 0.306. The highest BCUT2D eigenvalue weighted by Crippen LogP contribution is 2.29. The van der Waals surface area contributed by atoms with Gasteiger partial charge in [0.25, 0.3) is 5.91 Å². The molecule has 9 nitrogen and oxygen atoms in total. The van der Waals surface area contributed by atoms with E-state index in [9.17, 15) is 19.5 Å². The van der Waals surface area contributed by atoms with Crippen LogP contribution in [-0.2, 0) is 17.8 Å². The molecule has 232 valence electrons. The number of anilines is 1. The second kappa shape index (κ2) is 14.6. The molecule has 1 aromatic heterocycles. The topological polar surface area (TPSA) is 122 Å². The van der Waals surface area contributed by atoms with Gasteiger partial charge in [-0.05, 0) is 60.9 Å². The summed E-state index contributed by atoms with van der Waals surface area (Å²) in [5.41, 5.74) is 5.53. The predicted molar refractivity (Wildman–Crippen MR) is 173 cm³/mol. The molecule has 1 unspecified atom stereocenters. The van der Waals surface area contributed by atoms with E-state index in [-0.39, 0.29) is 24.5 Å². The lowest BCUT2D eigenvalue weighted by atomic mass is 9.92. The molecule has 1 saturated heterocycles. The summed E-state index contributed by atoms with van der Waals surface area (Å²) < 4.78 is 6.05. The summed E-state index contributed by atoms with van der Waals surface area (Å²) >= 11 is 0. The van der Waals surface area contributed by atoms with Crippen molar-refractivity contribution in [2.45, 2.75) is 52.2 Å². The van der Waals surface area contributed by atoms with E-state index in [1.807, 2.05) is 54.6 Å². The van der Waals surface area contributed by atoms with Crippen LogP contribution < -0.4 is 15.0 Å². The first-order chi connectivity index (χ1) is 21.8. The number of carbonyl (C=O) groups is 3. The van der Waals surface area contributed by atoms with Gasteiger partial charge in [-0.15, -0.1) is 0 Å². The van der Waals surface area contributed by atoms with Crippen molar-refractivity contribution in [2.24, 2.45) is 5.92 Å². The Morgan fingerprint density at radius 1 is 0.978 bits per heavy atom. The fourth-order valence-electron chi connectivity index (χ4n) is 5.61. The molecule has 1 fully saturated rings. The fourth-order valence-corrected chi connectivity index (χ4v) is 5.61. The Balaban J connectivity index is 1.26. The number of aliphatic carboxylic acids is 1. The Hall–Kier alpha value is -5.05. The lowest BCUT2D eigenvalue weighted by Gasteiger charge is -2.33. The molecule has 45 heavy (non-hydrogen) atoms. The van der Waals surface area contributed by atoms with E-state index in [1.54, 1.807) is 13.8 Å². The van der Waals surface area contributed by atoms with Gasteiger partial charge in [-0.1, -0.05) is 73.7 Å². The molecular weight excluding hydrogens is 568 g/mol. The van der Waals surface area contributed by atoms with Crippen molar-refractivity contribution in [2.75, 3.05) is 18.0 Å². The molecule has 4 aromatic rings. The minimum Gasteiger partial charge on any atom is -0.485 e. The number of benzene rings is 3. The average Bonchev–Trinajstić information content (AvgIpc) is 3.07. The first kappa shape index (κ1) is 31.4. The minimum absolute atomic E-state index is 0.0615. The largest absolute Gasteiger partial charge is 0.485 e. The summed E-state index contributed by atoms with van der Waals surface area (Å²) in [5.74, 6) is -0.532. The highest BCUT2D eigenvalue weighted by molar-refractivity contribution is 5.97. The number of hydrogen-bond donors (Lipinski definition) is 2. The van der Waals surface area contributed by atoms with Crippen LogP contribution in [0.5, 0.6) is 5.75 Å². The normalized spacial score (nSPS) is 14.0. The Morgan fingerprint density at radius 3 is 2.22 bits per heavy atom. The molecule has 0 spiro atoms. The summed E-state index contributed by atoms with van der Waals surface area (Å²) in [5, 5.41) is 12.1. The van der Waals surface area contributed by atoms with Crippen LogP contribution in [0.3, 0.4) is 0 Å². The highest BCUT2D eigenvalue weighted by atomic mass is 16.5. The van der Waals surface area contributed by atoms with Gasteiger partial charge in [0.2, 0.25) is 0 Å². The summed E-state index contributed by atoms with van der Waals surface area (Å²) in [6, 6.07) is 24.6. The molecule has 1 aliphatic heterocycles. The van der Waals surface area contributed by atoms with E-state index in [4.69, 9.17) is 9.72 Å². The number of rotatable bonds is 12. The SMILES string of the molecule is CCC(NC(=O)c1nc(CC2CCN(c3ccc(-c4ccc(C=O)cc4)cc3)CC2)nc(C)c1OCc1ccccc1)C(=O)O. The van der Waals surface area contributed by atoms with E-state index in [0.717, 1.165) is 54.6 Å². The van der Waals surface area contributed by atoms with Crippen molar-refractivity contribution in [3.63, 3.8) is 0 Å². The second-order valence-corrected chi connectivity index (χ2v) is 11.4. The molecule has 0 saturated carbocycles. The van der Waals surface area contributed by atoms with Gasteiger partial charge in [-0.25, -0.2) is 14.8 Å². The number of carboxylic acids is 1. The van der Waals surface area contributed by atoms with Gasteiger partial charge < -0.3 is 20.1 Å². The summed E-state index contributed by atoms with van der Waals surface area (Å²) in [7, 11) is 0. The van der Waals surface area contributed by atoms with Gasteiger partial charge in [0.15, 0.2) is 11.4 Å². The number of ether oxygens (including phenoxy) is 1. The first-order valence-electron chi connectivity index (χ1n) is 15.3. The molecule has 0 radical (unpaired) electrons. The number of aromatic nitrogens is 2. The molecule has 1 amide bonds. The molecule has 5 rings (SSSR count). The first-order valence-corrected chi connectivity index (χ1v) is 15.3. The second-order valence-electron chi connectivity index (χ2n) is 11.4. The number of piperidine rings is 1. The van der Waals surface area contributed by atoms with Crippen molar-refractivity contribution < 1.29 is 24.2 Å². The van der Waals surface area contributed by atoms with Gasteiger partial charge in [-0.2, -0.15) is 0 Å². The number of carboxylic acid groups (broad SMARTS) is 1. The van der Waals surface area contributed by atoms with E-state index in [2.05, 4.69) is 39.5 Å². The van der Waals surface area contributed by atoms with E-state index >= 15 is 0 Å². The molecule has 1 atom stereocenters. The Kier molecular flexibility index (Phi) is 10.2. The van der Waals surface area contributed by atoms with Crippen molar-refractivity contribution in [3.05, 3.63) is 107 Å². The lowest BCUT2D eigenvalue weighted by Crippen LogP contribution is -2.41. The molecule has 9 heteroatoms. The smallest absolute Gasteiger partial charge is 0.326 e. The molecule has 0 aliphatic carbocycles. The van der Waals surface area contributed by atoms with Crippen LogP contribution >= 0.6 is 0 Å². The van der Waals surface area contributed by atoms with Crippen LogP contribution in [0.1, 0.15) is 64.1 Å². The maximum absolute atomic E-state index is 13.3. The van der Waals surface area contributed by atoms with Crippen LogP contribution in [0.2, 0.25) is 0 Å². The summed E-state index contributed by atoms with van der Waals surface area (Å²) in [4.78, 5) is 47.6. The van der Waals surface area contributed by atoms with Crippen LogP contribution in [-0.4, -0.2) is 52.4 Å². The number of aldehydes is 1. The number of carbonyl (C=O) groups excluding carboxylic acids is 2. The van der Waals surface area contributed by atoms with Gasteiger partial charge in [0, 0.05) is 30.8 Å². The number of nitrogens with one attached hydrogen (secondary N) is 1. The van der Waals surface area contributed by atoms with Crippen LogP contribution in [0.4, 0.5) is 5.69 Å². The Morgan fingerprint density at radius 2 is 1.62 bits per heavy atom. The number of nitrogens with zero attached hydrogens (tertiary/aromatic N) is 3. The lowest BCUT2D eigenvalue weighted by molar-refractivity contribution is -0.139. The number of aryl methyl sites for hydroxylation is 1. The van der Waals surface area contributed by atoms with Gasteiger partial charge >= 0.3 is 5.97 Å². The third kappa shape index (κ3) is 7.92. The van der Waals surface area contributed by atoms with E-state index < -0.39 is 17.9 Å². The number of hydrogen-bond acceptors (Lipinski definition) is 7. The zero-order valence-electron chi connectivity index (χ0n) is 25.6.